The molecule has 4 aromatic rings. The van der Waals surface area contributed by atoms with Crippen molar-refractivity contribution in [3.05, 3.63) is 65.3 Å². The van der Waals surface area contributed by atoms with Crippen LogP contribution in [0.15, 0.2) is 53.3 Å². The van der Waals surface area contributed by atoms with E-state index in [1.54, 1.807) is 19.4 Å². The van der Waals surface area contributed by atoms with Gasteiger partial charge in [0.1, 0.15) is 17.7 Å². The lowest BCUT2D eigenvalue weighted by atomic mass is 10.0. The molecule has 1 fully saturated rings. The summed E-state index contributed by atoms with van der Waals surface area (Å²) in [5.74, 6) is 0.274. The van der Waals surface area contributed by atoms with Gasteiger partial charge >= 0.3 is 0 Å². The topological polar surface area (TPSA) is 77.0 Å². The van der Waals surface area contributed by atoms with Crippen LogP contribution in [0.4, 0.5) is 15.9 Å². The summed E-state index contributed by atoms with van der Waals surface area (Å²) < 4.78 is 31.6. The van der Waals surface area contributed by atoms with Gasteiger partial charge in [-0.1, -0.05) is 23.7 Å². The minimum absolute atomic E-state index is 0.0684. The average molecular weight is 511 g/mol. The molecule has 0 saturated carbocycles. The van der Waals surface area contributed by atoms with Gasteiger partial charge in [0.15, 0.2) is 11.4 Å². The van der Waals surface area contributed by atoms with E-state index in [2.05, 4.69) is 46.1 Å². The quantitative estimate of drug-likeness (QED) is 0.353. The number of nitrogens with zero attached hydrogens (tertiary/aromatic N) is 3. The first-order valence-corrected chi connectivity index (χ1v) is 12.1. The number of methoxy groups -OCH3 is 1. The number of ether oxygens (including phenoxy) is 2. The van der Waals surface area contributed by atoms with E-state index in [4.69, 9.17) is 31.2 Å². The van der Waals surface area contributed by atoms with Crippen LogP contribution in [0.1, 0.15) is 18.6 Å². The maximum atomic E-state index is 14.2. The van der Waals surface area contributed by atoms with Crippen molar-refractivity contribution in [2.75, 3.05) is 51.0 Å². The van der Waals surface area contributed by atoms with E-state index in [9.17, 15) is 4.39 Å². The van der Waals surface area contributed by atoms with Crippen LogP contribution in [-0.4, -0.2) is 50.2 Å². The second kappa shape index (κ2) is 9.87. The monoisotopic (exact) mass is 510 g/mol. The Kier molecular flexibility index (Phi) is 6.64. The number of benzene rings is 2. The van der Waals surface area contributed by atoms with Crippen molar-refractivity contribution >= 4 is 34.1 Å². The first-order valence-electron chi connectivity index (χ1n) is 11.8. The van der Waals surface area contributed by atoms with Gasteiger partial charge in [0.05, 0.1) is 29.3 Å². The zero-order valence-electron chi connectivity index (χ0n) is 20.4. The van der Waals surface area contributed by atoms with Crippen LogP contribution in [0, 0.1) is 5.82 Å². The maximum absolute atomic E-state index is 14.2. The molecule has 0 bridgehead atoms. The molecule has 1 unspecified atom stereocenters. The number of hydrogen-bond donors (Lipinski definition) is 1. The van der Waals surface area contributed by atoms with Gasteiger partial charge in [0.2, 0.25) is 5.75 Å². The lowest BCUT2D eigenvalue weighted by Gasteiger charge is -2.34. The number of furan rings is 1. The van der Waals surface area contributed by atoms with Crippen LogP contribution in [-0.2, 0) is 0 Å². The van der Waals surface area contributed by atoms with Gasteiger partial charge in [-0.25, -0.2) is 9.37 Å². The fourth-order valence-electron chi connectivity index (χ4n) is 4.58. The molecular weight excluding hydrogens is 483 g/mol. The van der Waals surface area contributed by atoms with Gasteiger partial charge in [0.25, 0.3) is 0 Å². The molecular formula is C27H28ClFN4O3. The molecule has 7 nitrogen and oxygen atoms in total. The van der Waals surface area contributed by atoms with Crippen LogP contribution in [0.5, 0.6) is 11.5 Å². The molecule has 1 atom stereocenters. The molecule has 0 amide bonds. The summed E-state index contributed by atoms with van der Waals surface area (Å²) in [4.78, 5) is 9.06. The number of likely N-dealkylation sites (N-methyl/N-ethyl adjacent to an activating group) is 1. The smallest absolute Gasteiger partial charge is 0.205 e. The second-order valence-electron chi connectivity index (χ2n) is 8.94. The summed E-state index contributed by atoms with van der Waals surface area (Å²) in [6.07, 6.45) is 2.66. The normalized spacial score (nSPS) is 15.3. The highest BCUT2D eigenvalue weighted by Gasteiger charge is 2.24. The van der Waals surface area contributed by atoms with Crippen LogP contribution >= 0.6 is 11.6 Å². The number of nitrogen functional groups attached to an aromatic ring is 1. The van der Waals surface area contributed by atoms with Crippen molar-refractivity contribution < 1.29 is 18.3 Å². The Labute approximate surface area is 214 Å². The number of piperazine rings is 1. The van der Waals surface area contributed by atoms with Crippen LogP contribution in [0.2, 0.25) is 5.02 Å². The van der Waals surface area contributed by atoms with Crippen molar-refractivity contribution in [1.82, 2.24) is 9.88 Å². The fourth-order valence-corrected chi connectivity index (χ4v) is 4.88. The highest BCUT2D eigenvalue weighted by Crippen LogP contribution is 2.42. The molecule has 2 N–H and O–H groups in total. The van der Waals surface area contributed by atoms with Gasteiger partial charge in [0, 0.05) is 43.6 Å². The zero-order chi connectivity index (χ0) is 25.4. The van der Waals surface area contributed by atoms with Gasteiger partial charge in [-0.3, -0.25) is 0 Å². The molecule has 2 aromatic heterocycles. The van der Waals surface area contributed by atoms with Crippen molar-refractivity contribution in [1.29, 1.82) is 0 Å². The molecule has 36 heavy (non-hydrogen) atoms. The third kappa shape index (κ3) is 4.42. The van der Waals surface area contributed by atoms with E-state index in [1.165, 1.54) is 24.9 Å². The van der Waals surface area contributed by atoms with Gasteiger partial charge in [-0.2, -0.15) is 0 Å². The van der Waals surface area contributed by atoms with E-state index < -0.39 is 11.9 Å². The SMILES string of the molecule is COc1ccc(F)c(Cl)c1C(C)Oc1c(N)ncc2c(-c3ccc(N4CCN(C)CC4)cc3)coc12. The third-order valence-corrected chi connectivity index (χ3v) is 7.05. The molecule has 0 radical (unpaired) electrons. The van der Waals surface area contributed by atoms with Gasteiger partial charge < -0.3 is 29.4 Å². The summed E-state index contributed by atoms with van der Waals surface area (Å²) in [5, 5.41) is 0.692. The largest absolute Gasteiger partial charge is 0.496 e. The summed E-state index contributed by atoms with van der Waals surface area (Å²) in [5.41, 5.74) is 10.1. The molecule has 5 rings (SSSR count). The molecule has 1 saturated heterocycles. The molecule has 2 aromatic carbocycles. The minimum Gasteiger partial charge on any atom is -0.496 e. The summed E-state index contributed by atoms with van der Waals surface area (Å²) in [7, 11) is 3.64. The van der Waals surface area contributed by atoms with Crippen molar-refractivity contribution in [2.24, 2.45) is 0 Å². The number of hydrogen-bond acceptors (Lipinski definition) is 7. The highest BCUT2D eigenvalue weighted by molar-refractivity contribution is 6.31. The van der Waals surface area contributed by atoms with Gasteiger partial charge in [-0.05, 0) is 43.8 Å². The Balaban J connectivity index is 1.45. The Bertz CT molecular complexity index is 1380. The minimum atomic E-state index is -0.686. The molecule has 0 aliphatic carbocycles. The maximum Gasteiger partial charge on any atom is 0.205 e. The van der Waals surface area contributed by atoms with Crippen molar-refractivity contribution in [2.45, 2.75) is 13.0 Å². The Hall–Kier alpha value is -3.49. The van der Waals surface area contributed by atoms with E-state index >= 15 is 0 Å². The number of fused-ring (bicyclic) bond motifs is 1. The lowest BCUT2D eigenvalue weighted by molar-refractivity contribution is 0.221. The summed E-state index contributed by atoms with van der Waals surface area (Å²) >= 11 is 6.25. The first-order chi connectivity index (χ1) is 17.4. The molecule has 1 aliphatic heterocycles. The standard InChI is InChI=1S/C27H28ClFN4O3/c1-16(23-22(34-3)9-8-21(29)24(23)28)36-26-25-19(14-31-27(26)30)20(15-35-25)17-4-6-18(7-5-17)33-12-10-32(2)11-13-33/h4-9,14-16H,10-13H2,1-3H3,(H2,30,31). The second-order valence-corrected chi connectivity index (χ2v) is 9.32. The third-order valence-electron chi connectivity index (χ3n) is 6.66. The lowest BCUT2D eigenvalue weighted by Crippen LogP contribution is -2.44. The molecule has 0 spiro atoms. The zero-order valence-corrected chi connectivity index (χ0v) is 21.2. The number of rotatable bonds is 6. The Morgan fingerprint density at radius 2 is 1.83 bits per heavy atom. The molecule has 3 heterocycles. The van der Waals surface area contributed by atoms with Gasteiger partial charge in [-0.15, -0.1) is 0 Å². The molecule has 1 aliphatic rings. The summed E-state index contributed by atoms with van der Waals surface area (Å²) in [6, 6.07) is 11.2. The number of anilines is 2. The first kappa shape index (κ1) is 24.2. The Morgan fingerprint density at radius 3 is 2.53 bits per heavy atom. The number of halogens is 2. The fraction of sp³-hybridized carbons (Fsp3) is 0.296. The predicted molar refractivity (Wildman–Crippen MR) is 141 cm³/mol. The van der Waals surface area contributed by atoms with E-state index in [0.29, 0.717) is 16.9 Å². The highest BCUT2D eigenvalue weighted by atomic mass is 35.5. The predicted octanol–water partition coefficient (Wildman–Crippen LogP) is 5.77. The number of nitrogens with two attached hydrogens (primary N) is 1. The van der Waals surface area contributed by atoms with Crippen LogP contribution in [0.3, 0.4) is 0 Å². The van der Waals surface area contributed by atoms with Crippen LogP contribution in [0.25, 0.3) is 22.1 Å². The van der Waals surface area contributed by atoms with Crippen molar-refractivity contribution in [3.8, 4) is 22.6 Å². The average Bonchev–Trinajstić information content (AvgIpc) is 3.32. The molecule has 9 heteroatoms. The molecule has 188 valence electrons. The van der Waals surface area contributed by atoms with E-state index in [1.807, 2.05) is 0 Å². The Morgan fingerprint density at radius 1 is 1.11 bits per heavy atom. The van der Waals surface area contributed by atoms with Crippen molar-refractivity contribution in [3.63, 3.8) is 0 Å². The van der Waals surface area contributed by atoms with Crippen LogP contribution < -0.4 is 20.1 Å². The van der Waals surface area contributed by atoms with E-state index in [-0.39, 0.29) is 16.6 Å². The van der Waals surface area contributed by atoms with E-state index in [0.717, 1.165) is 42.7 Å². The summed E-state index contributed by atoms with van der Waals surface area (Å²) in [6.45, 7) is 5.85. The number of pyridine rings is 1. The number of aromatic nitrogens is 1.